The number of unbranched alkanes of at least 4 members (excludes halogenated alkanes) is 1. The number of thioether (sulfide) groups is 1. The lowest BCUT2D eigenvalue weighted by Gasteiger charge is -2.39. The molecule has 1 heterocycles. The van der Waals surface area contributed by atoms with Crippen LogP contribution in [0.2, 0.25) is 0 Å². The van der Waals surface area contributed by atoms with Crippen LogP contribution in [0.25, 0.3) is 0 Å². The van der Waals surface area contributed by atoms with E-state index in [9.17, 15) is 30.0 Å². The van der Waals surface area contributed by atoms with Gasteiger partial charge in [-0.2, -0.15) is 0 Å². The molecule has 7 N–H and O–H groups in total. The number of aliphatic hydroxyl groups excluding tert-OH is 4. The Morgan fingerprint density at radius 3 is 2.26 bits per heavy atom. The van der Waals surface area contributed by atoms with Crippen LogP contribution in [0.3, 0.4) is 0 Å². The van der Waals surface area contributed by atoms with Gasteiger partial charge in [-0.05, 0) is 33.6 Å². The van der Waals surface area contributed by atoms with Crippen molar-refractivity contribution in [1.29, 1.82) is 0 Å². The number of rotatable bonds is 8. The number of carbonyl (C=O) groups is 2. The van der Waals surface area contributed by atoms with E-state index < -0.39 is 28.8 Å². The summed E-state index contributed by atoms with van der Waals surface area (Å²) in [5, 5.41) is 45.7. The van der Waals surface area contributed by atoms with Crippen molar-refractivity contribution >= 4 is 23.7 Å². The van der Waals surface area contributed by atoms with Gasteiger partial charge in [0.25, 0.3) is 0 Å². The fourth-order valence-corrected chi connectivity index (χ4v) is 3.99. The molecule has 1 radical (unpaired) electrons. The first kappa shape index (κ1) is 24.0. The SMILES string of the molecule is CC(C)(C)NC(=O)NC[CH]CCNC(=O)C[C@@H]1S[C@H](CO)[C@H](O)[C@H](O)[C@H]1O. The normalized spacial score (nSPS) is 28.5. The molecule has 1 fully saturated rings. The molecule has 27 heavy (non-hydrogen) atoms. The molecule has 9 nitrogen and oxygen atoms in total. The average Bonchev–Trinajstić information content (AvgIpc) is 2.56. The summed E-state index contributed by atoms with van der Waals surface area (Å²) < 4.78 is 0. The maximum Gasteiger partial charge on any atom is 0.315 e. The smallest absolute Gasteiger partial charge is 0.315 e. The molecule has 10 heteroatoms. The van der Waals surface area contributed by atoms with Crippen molar-refractivity contribution in [1.82, 2.24) is 16.0 Å². The quantitative estimate of drug-likeness (QED) is 0.249. The minimum atomic E-state index is -1.39. The molecule has 1 aliphatic rings. The Hall–Kier alpha value is -1.07. The molecule has 0 aromatic carbocycles. The van der Waals surface area contributed by atoms with Gasteiger partial charge in [-0.1, -0.05) is 0 Å². The van der Waals surface area contributed by atoms with Gasteiger partial charge in [0.2, 0.25) is 5.91 Å². The van der Waals surface area contributed by atoms with Crippen LogP contribution < -0.4 is 16.0 Å². The van der Waals surface area contributed by atoms with Crippen LogP contribution in [-0.4, -0.2) is 86.4 Å². The third kappa shape index (κ3) is 8.65. The highest BCUT2D eigenvalue weighted by atomic mass is 32.2. The van der Waals surface area contributed by atoms with Gasteiger partial charge < -0.3 is 36.4 Å². The Morgan fingerprint density at radius 2 is 1.67 bits per heavy atom. The molecule has 3 amide bonds. The van der Waals surface area contributed by atoms with E-state index in [2.05, 4.69) is 16.0 Å². The molecule has 5 atom stereocenters. The first-order valence-electron chi connectivity index (χ1n) is 9.00. The molecule has 0 aromatic heterocycles. The van der Waals surface area contributed by atoms with Crippen LogP contribution >= 0.6 is 11.8 Å². The molecule has 1 saturated heterocycles. The van der Waals surface area contributed by atoms with Crippen molar-refractivity contribution in [2.45, 2.75) is 68.0 Å². The molecular weight excluding hydrogens is 374 g/mol. The molecule has 0 aliphatic carbocycles. The number of nitrogens with one attached hydrogen (secondary N) is 3. The number of carbonyl (C=O) groups excluding carboxylic acids is 2. The highest BCUT2D eigenvalue weighted by molar-refractivity contribution is 8.00. The standard InChI is InChI=1S/C17H32N3O6S/c1-17(2,3)20-16(26)19-7-5-4-6-18-12(22)8-10-13(23)15(25)14(24)11(9-21)27-10/h5,10-11,13-15,21,23-25H,4,6-9H2,1-3H3,(H,18,22)(H2,19,20,26)/t10-,11+,13-,14-,15+/m0/s1. The Labute approximate surface area is 164 Å². The highest BCUT2D eigenvalue weighted by Crippen LogP contribution is 2.34. The lowest BCUT2D eigenvalue weighted by Crippen LogP contribution is -2.54. The number of amides is 3. The van der Waals surface area contributed by atoms with E-state index in [1.165, 1.54) is 0 Å². The van der Waals surface area contributed by atoms with Gasteiger partial charge in [-0.15, -0.1) is 11.8 Å². The molecule has 0 unspecified atom stereocenters. The maximum absolute atomic E-state index is 12.0. The van der Waals surface area contributed by atoms with Gasteiger partial charge in [0.1, 0.15) is 6.10 Å². The van der Waals surface area contributed by atoms with Crippen molar-refractivity contribution in [3.8, 4) is 0 Å². The van der Waals surface area contributed by atoms with Gasteiger partial charge in [0.15, 0.2) is 0 Å². The van der Waals surface area contributed by atoms with Crippen LogP contribution in [0.1, 0.15) is 33.6 Å². The predicted octanol–water partition coefficient (Wildman–Crippen LogP) is -1.26. The number of urea groups is 1. The Kier molecular flexibility index (Phi) is 9.82. The molecule has 0 saturated carbocycles. The van der Waals surface area contributed by atoms with E-state index in [4.69, 9.17) is 0 Å². The maximum atomic E-state index is 12.0. The minimum absolute atomic E-state index is 0.0294. The average molecular weight is 407 g/mol. The lowest BCUT2D eigenvalue weighted by atomic mass is 9.99. The van der Waals surface area contributed by atoms with E-state index in [0.29, 0.717) is 19.5 Å². The van der Waals surface area contributed by atoms with Crippen LogP contribution in [0.15, 0.2) is 0 Å². The fourth-order valence-electron chi connectivity index (χ4n) is 2.57. The zero-order chi connectivity index (χ0) is 20.6. The third-order valence-corrected chi connectivity index (χ3v) is 5.52. The predicted molar refractivity (Wildman–Crippen MR) is 103 cm³/mol. The van der Waals surface area contributed by atoms with Gasteiger partial charge in [0.05, 0.1) is 24.1 Å². The molecule has 1 aliphatic heterocycles. The molecular formula is C17H32N3O6S. The summed E-state index contributed by atoms with van der Waals surface area (Å²) in [5.74, 6) is -0.293. The van der Waals surface area contributed by atoms with Gasteiger partial charge in [-0.3, -0.25) is 4.79 Å². The van der Waals surface area contributed by atoms with Crippen molar-refractivity contribution in [2.75, 3.05) is 19.7 Å². The summed E-state index contributed by atoms with van der Waals surface area (Å²) in [5.41, 5.74) is -0.307. The van der Waals surface area contributed by atoms with Crippen molar-refractivity contribution in [3.63, 3.8) is 0 Å². The second kappa shape index (κ2) is 11.1. The van der Waals surface area contributed by atoms with Crippen LogP contribution in [0, 0.1) is 6.42 Å². The summed E-state index contributed by atoms with van der Waals surface area (Å²) in [6.07, 6.45) is -1.50. The zero-order valence-electron chi connectivity index (χ0n) is 16.0. The summed E-state index contributed by atoms with van der Waals surface area (Å²) in [6, 6.07) is -0.259. The number of aliphatic hydroxyl groups is 4. The Bertz CT molecular complexity index is 486. The Morgan fingerprint density at radius 1 is 1.04 bits per heavy atom. The first-order chi connectivity index (χ1) is 12.5. The third-order valence-electron chi connectivity index (χ3n) is 3.94. The van der Waals surface area contributed by atoms with E-state index in [1.54, 1.807) is 0 Å². The van der Waals surface area contributed by atoms with Crippen molar-refractivity contribution in [2.24, 2.45) is 0 Å². The largest absolute Gasteiger partial charge is 0.395 e. The topological polar surface area (TPSA) is 151 Å². The fraction of sp³-hybridized carbons (Fsp3) is 0.824. The van der Waals surface area contributed by atoms with Gasteiger partial charge >= 0.3 is 6.03 Å². The second-order valence-corrected chi connectivity index (χ2v) is 9.07. The summed E-state index contributed by atoms with van der Waals surface area (Å²) >= 11 is 1.10. The molecule has 0 spiro atoms. The Balaban J connectivity index is 2.21. The number of hydrogen-bond acceptors (Lipinski definition) is 7. The molecule has 1 rings (SSSR count). The summed E-state index contributed by atoms with van der Waals surface area (Å²) in [4.78, 5) is 23.6. The van der Waals surface area contributed by atoms with E-state index in [1.807, 2.05) is 27.2 Å². The summed E-state index contributed by atoms with van der Waals surface area (Å²) in [6.45, 7) is 6.06. The van der Waals surface area contributed by atoms with Crippen molar-refractivity contribution < 1.29 is 30.0 Å². The number of hydrogen-bond donors (Lipinski definition) is 7. The molecule has 0 aromatic rings. The van der Waals surface area contributed by atoms with Crippen LogP contribution in [0.5, 0.6) is 0 Å². The first-order valence-corrected chi connectivity index (χ1v) is 9.94. The van der Waals surface area contributed by atoms with E-state index in [0.717, 1.165) is 11.8 Å². The second-order valence-electron chi connectivity index (χ2n) is 7.58. The van der Waals surface area contributed by atoms with E-state index >= 15 is 0 Å². The molecule has 0 bridgehead atoms. The summed E-state index contributed by atoms with van der Waals surface area (Å²) in [7, 11) is 0. The molecule has 157 valence electrons. The monoisotopic (exact) mass is 406 g/mol. The van der Waals surface area contributed by atoms with Crippen LogP contribution in [0.4, 0.5) is 4.79 Å². The van der Waals surface area contributed by atoms with E-state index in [-0.39, 0.29) is 30.5 Å². The van der Waals surface area contributed by atoms with Crippen LogP contribution in [-0.2, 0) is 4.79 Å². The van der Waals surface area contributed by atoms with Gasteiger partial charge in [-0.25, -0.2) is 4.79 Å². The van der Waals surface area contributed by atoms with Gasteiger partial charge in [0, 0.05) is 30.3 Å². The zero-order valence-corrected chi connectivity index (χ0v) is 16.8. The highest BCUT2D eigenvalue weighted by Gasteiger charge is 2.43. The van der Waals surface area contributed by atoms with Crippen molar-refractivity contribution in [3.05, 3.63) is 6.42 Å². The lowest BCUT2D eigenvalue weighted by molar-refractivity contribution is -0.122. The minimum Gasteiger partial charge on any atom is -0.395 e.